The highest BCUT2D eigenvalue weighted by Crippen LogP contribution is 2.24. The Morgan fingerprint density at radius 1 is 1.35 bits per heavy atom. The molecule has 0 unspecified atom stereocenters. The van der Waals surface area contributed by atoms with E-state index in [1.54, 1.807) is 0 Å². The first-order chi connectivity index (χ1) is 9.63. The van der Waals surface area contributed by atoms with Crippen LogP contribution in [0.1, 0.15) is 39.2 Å². The predicted molar refractivity (Wildman–Crippen MR) is 81.9 cm³/mol. The maximum absolute atomic E-state index is 11.3. The van der Waals surface area contributed by atoms with E-state index in [0.29, 0.717) is 0 Å². The predicted octanol–water partition coefficient (Wildman–Crippen LogP) is 1.56. The van der Waals surface area contributed by atoms with Crippen LogP contribution >= 0.6 is 0 Å². The maximum atomic E-state index is 11.3. The summed E-state index contributed by atoms with van der Waals surface area (Å²) in [6.45, 7) is 7.97. The third-order valence-corrected chi connectivity index (χ3v) is 3.05. The van der Waals surface area contributed by atoms with Crippen molar-refractivity contribution in [2.45, 2.75) is 40.0 Å². The lowest BCUT2D eigenvalue weighted by molar-refractivity contribution is -0.116. The lowest BCUT2D eigenvalue weighted by Crippen LogP contribution is -2.36. The van der Waals surface area contributed by atoms with Gasteiger partial charge in [-0.05, 0) is 19.8 Å². The van der Waals surface area contributed by atoms with Crippen LogP contribution in [0.4, 0.5) is 11.6 Å². The third-order valence-electron chi connectivity index (χ3n) is 3.05. The molecule has 1 rings (SSSR count). The van der Waals surface area contributed by atoms with Gasteiger partial charge in [-0.15, -0.1) is 0 Å². The van der Waals surface area contributed by atoms with Crippen LogP contribution < -0.4 is 16.0 Å². The summed E-state index contributed by atoms with van der Waals surface area (Å²) >= 11 is 0. The summed E-state index contributed by atoms with van der Waals surface area (Å²) in [7, 11) is 0. The number of carbonyl (C=O) groups excluding carboxylic acids is 1. The number of nitrogens with one attached hydrogen (secondary N) is 1. The molecule has 0 atom stereocenters. The van der Waals surface area contributed by atoms with Crippen molar-refractivity contribution < 1.29 is 4.79 Å². The van der Waals surface area contributed by atoms with Gasteiger partial charge in [0.05, 0.1) is 6.54 Å². The van der Waals surface area contributed by atoms with Gasteiger partial charge in [0.15, 0.2) is 0 Å². The molecule has 0 aliphatic carbocycles. The van der Waals surface area contributed by atoms with Crippen LogP contribution in [0.5, 0.6) is 0 Å². The monoisotopic (exact) mass is 279 g/mol. The summed E-state index contributed by atoms with van der Waals surface area (Å²) in [5.41, 5.74) is 6.39. The minimum absolute atomic E-state index is 0.190. The molecular weight excluding hydrogens is 254 g/mol. The Morgan fingerprint density at radius 3 is 2.65 bits per heavy atom. The normalized spacial score (nSPS) is 10.3. The second kappa shape index (κ2) is 8.35. The Morgan fingerprint density at radius 2 is 2.10 bits per heavy atom. The van der Waals surface area contributed by atoms with E-state index in [-0.39, 0.29) is 12.5 Å². The van der Waals surface area contributed by atoms with Crippen molar-refractivity contribution in [1.82, 2.24) is 9.97 Å². The molecule has 0 saturated heterocycles. The molecule has 6 nitrogen and oxygen atoms in total. The van der Waals surface area contributed by atoms with Crippen LogP contribution in [0.3, 0.4) is 0 Å². The second-order valence-electron chi connectivity index (χ2n) is 4.65. The molecule has 0 aliphatic heterocycles. The summed E-state index contributed by atoms with van der Waals surface area (Å²) in [6.07, 6.45) is 4.39. The van der Waals surface area contributed by atoms with Crippen LogP contribution in [0, 0.1) is 0 Å². The van der Waals surface area contributed by atoms with Crippen molar-refractivity contribution in [3.8, 4) is 0 Å². The molecular formula is C14H25N5O. The molecule has 0 saturated carbocycles. The number of hydrogen-bond donors (Lipinski definition) is 2. The zero-order chi connectivity index (χ0) is 15.0. The van der Waals surface area contributed by atoms with Crippen LogP contribution in [0.2, 0.25) is 0 Å². The highest BCUT2D eigenvalue weighted by molar-refractivity contribution is 5.79. The van der Waals surface area contributed by atoms with Gasteiger partial charge in [-0.2, -0.15) is 0 Å². The first kappa shape index (κ1) is 16.2. The number of anilines is 2. The summed E-state index contributed by atoms with van der Waals surface area (Å²) < 4.78 is 0. The number of primary amides is 1. The van der Waals surface area contributed by atoms with Crippen LogP contribution in [0.15, 0.2) is 6.33 Å². The maximum Gasteiger partial charge on any atom is 0.236 e. The molecule has 112 valence electrons. The van der Waals surface area contributed by atoms with Gasteiger partial charge >= 0.3 is 0 Å². The van der Waals surface area contributed by atoms with Gasteiger partial charge in [0.25, 0.3) is 0 Å². The van der Waals surface area contributed by atoms with E-state index in [2.05, 4.69) is 29.1 Å². The number of nitrogens with two attached hydrogens (primary N) is 1. The number of amides is 1. The first-order valence-electron chi connectivity index (χ1n) is 7.24. The molecule has 0 aromatic carbocycles. The van der Waals surface area contributed by atoms with Gasteiger partial charge in [0.1, 0.15) is 18.0 Å². The minimum atomic E-state index is -0.341. The standard InChI is InChI=1S/C14H25N5O/c1-4-7-8-19(9-12(15)20)14-11(5-2)13(16-6-3)17-10-18-14/h10H,4-9H2,1-3H3,(H2,15,20)(H,16,17,18). The van der Waals surface area contributed by atoms with Crippen LogP contribution in [-0.4, -0.2) is 35.5 Å². The molecule has 0 aliphatic rings. The molecule has 0 radical (unpaired) electrons. The average Bonchev–Trinajstić information content (AvgIpc) is 2.43. The largest absolute Gasteiger partial charge is 0.370 e. The van der Waals surface area contributed by atoms with E-state index < -0.39 is 0 Å². The molecule has 1 aromatic heterocycles. The smallest absolute Gasteiger partial charge is 0.236 e. The van der Waals surface area contributed by atoms with E-state index in [9.17, 15) is 4.79 Å². The van der Waals surface area contributed by atoms with Crippen molar-refractivity contribution >= 4 is 17.5 Å². The van der Waals surface area contributed by atoms with Gasteiger partial charge in [-0.3, -0.25) is 4.79 Å². The zero-order valence-corrected chi connectivity index (χ0v) is 12.6. The zero-order valence-electron chi connectivity index (χ0n) is 12.6. The highest BCUT2D eigenvalue weighted by Gasteiger charge is 2.17. The number of unbranched alkanes of at least 4 members (excludes halogenated alkanes) is 1. The minimum Gasteiger partial charge on any atom is -0.370 e. The number of carbonyl (C=O) groups is 1. The molecule has 0 bridgehead atoms. The van der Waals surface area contributed by atoms with Crippen molar-refractivity contribution in [2.75, 3.05) is 29.9 Å². The van der Waals surface area contributed by atoms with E-state index in [4.69, 9.17) is 5.73 Å². The molecule has 1 amide bonds. The van der Waals surface area contributed by atoms with Gasteiger partial charge in [-0.1, -0.05) is 20.3 Å². The lowest BCUT2D eigenvalue weighted by atomic mass is 10.2. The first-order valence-corrected chi connectivity index (χ1v) is 7.24. The van der Waals surface area contributed by atoms with E-state index in [1.165, 1.54) is 6.33 Å². The van der Waals surface area contributed by atoms with Crippen LogP contribution in [0.25, 0.3) is 0 Å². The molecule has 0 fully saturated rings. The topological polar surface area (TPSA) is 84.1 Å². The molecule has 1 heterocycles. The number of nitrogens with zero attached hydrogens (tertiary/aromatic N) is 3. The Labute approximate surface area is 120 Å². The van der Waals surface area contributed by atoms with Gasteiger partial charge in [0.2, 0.25) is 5.91 Å². The molecule has 6 heteroatoms. The summed E-state index contributed by atoms with van der Waals surface area (Å²) in [5, 5.41) is 3.24. The quantitative estimate of drug-likeness (QED) is 0.716. The van der Waals surface area contributed by atoms with Crippen molar-refractivity contribution in [3.63, 3.8) is 0 Å². The Hall–Kier alpha value is -1.85. The Balaban J connectivity index is 3.09. The molecule has 20 heavy (non-hydrogen) atoms. The summed E-state index contributed by atoms with van der Waals surface area (Å²) in [6, 6.07) is 0. The Bertz CT molecular complexity index is 436. The fraction of sp³-hybridized carbons (Fsp3) is 0.643. The van der Waals surface area contributed by atoms with E-state index in [0.717, 1.165) is 49.6 Å². The van der Waals surface area contributed by atoms with Crippen molar-refractivity contribution in [3.05, 3.63) is 11.9 Å². The van der Waals surface area contributed by atoms with Gasteiger partial charge < -0.3 is 16.0 Å². The fourth-order valence-electron chi connectivity index (χ4n) is 2.12. The van der Waals surface area contributed by atoms with Gasteiger partial charge in [0, 0.05) is 18.7 Å². The van der Waals surface area contributed by atoms with Crippen molar-refractivity contribution in [2.24, 2.45) is 5.73 Å². The number of rotatable bonds is 9. The van der Waals surface area contributed by atoms with Crippen LogP contribution in [-0.2, 0) is 11.2 Å². The second-order valence-corrected chi connectivity index (χ2v) is 4.65. The molecule has 3 N–H and O–H groups in total. The number of aromatic nitrogens is 2. The number of hydrogen-bond acceptors (Lipinski definition) is 5. The van der Waals surface area contributed by atoms with E-state index >= 15 is 0 Å². The van der Waals surface area contributed by atoms with E-state index in [1.807, 2.05) is 11.8 Å². The van der Waals surface area contributed by atoms with Crippen molar-refractivity contribution in [1.29, 1.82) is 0 Å². The fourth-order valence-corrected chi connectivity index (χ4v) is 2.12. The third kappa shape index (κ3) is 4.36. The average molecular weight is 279 g/mol. The highest BCUT2D eigenvalue weighted by atomic mass is 16.1. The molecule has 0 spiro atoms. The summed E-state index contributed by atoms with van der Waals surface area (Å²) in [4.78, 5) is 21.9. The lowest BCUT2D eigenvalue weighted by Gasteiger charge is -2.25. The van der Waals surface area contributed by atoms with Gasteiger partial charge in [-0.25, -0.2) is 9.97 Å². The summed E-state index contributed by atoms with van der Waals surface area (Å²) in [5.74, 6) is 1.31. The Kier molecular flexibility index (Phi) is 6.76. The molecule has 1 aromatic rings. The SMILES string of the molecule is CCCCN(CC(N)=O)c1ncnc(NCC)c1CC.